The second-order valence-corrected chi connectivity index (χ2v) is 3.90. The van der Waals surface area contributed by atoms with Crippen LogP contribution in [-0.2, 0) is 6.54 Å². The van der Waals surface area contributed by atoms with Gasteiger partial charge in [-0.05, 0) is 26.3 Å². The van der Waals surface area contributed by atoms with Gasteiger partial charge in [-0.2, -0.15) is 0 Å². The Morgan fingerprint density at radius 2 is 1.77 bits per heavy atom. The Balaban J connectivity index is 2.51. The van der Waals surface area contributed by atoms with Crippen molar-refractivity contribution in [3.63, 3.8) is 0 Å². The third kappa shape index (κ3) is 4.06. The van der Waals surface area contributed by atoms with E-state index in [4.69, 9.17) is 0 Å². The highest BCUT2D eigenvalue weighted by Crippen LogP contribution is 2.04. The summed E-state index contributed by atoms with van der Waals surface area (Å²) in [5.74, 6) is 0. The Hall–Kier alpha value is -0.860. The van der Waals surface area contributed by atoms with Crippen LogP contribution >= 0.6 is 0 Å². The van der Waals surface area contributed by atoms with Crippen molar-refractivity contribution < 1.29 is 5.11 Å². The van der Waals surface area contributed by atoms with E-state index in [1.54, 1.807) is 13.8 Å². The quantitative estimate of drug-likeness (QED) is 0.694. The fourth-order valence-corrected chi connectivity index (χ4v) is 1.02. The zero-order chi connectivity index (χ0) is 9.90. The lowest BCUT2D eigenvalue weighted by Crippen LogP contribution is -2.38. The van der Waals surface area contributed by atoms with Crippen LogP contribution < -0.4 is 5.32 Å². The first-order valence-electron chi connectivity index (χ1n) is 4.50. The molecule has 0 atom stereocenters. The van der Waals surface area contributed by atoms with Crippen molar-refractivity contribution in [2.75, 3.05) is 0 Å². The fraction of sp³-hybridized carbons (Fsp3) is 0.455. The van der Waals surface area contributed by atoms with Crippen LogP contribution in [0.15, 0.2) is 24.3 Å². The summed E-state index contributed by atoms with van der Waals surface area (Å²) in [7, 11) is 0. The number of rotatable bonds is 3. The first-order chi connectivity index (χ1) is 5.97. The van der Waals surface area contributed by atoms with Gasteiger partial charge in [-0.1, -0.05) is 29.8 Å². The highest BCUT2D eigenvalue weighted by molar-refractivity contribution is 5.21. The average molecular weight is 179 g/mol. The van der Waals surface area contributed by atoms with Gasteiger partial charge in [0.1, 0.15) is 5.72 Å². The van der Waals surface area contributed by atoms with E-state index >= 15 is 0 Å². The lowest BCUT2D eigenvalue weighted by molar-refractivity contribution is 0.0416. The van der Waals surface area contributed by atoms with Crippen LogP contribution in [0.25, 0.3) is 0 Å². The van der Waals surface area contributed by atoms with Gasteiger partial charge in [0, 0.05) is 6.54 Å². The van der Waals surface area contributed by atoms with Crippen LogP contribution in [0.1, 0.15) is 25.0 Å². The molecule has 0 spiro atoms. The normalized spacial score (nSPS) is 11.7. The van der Waals surface area contributed by atoms with Gasteiger partial charge in [0.05, 0.1) is 0 Å². The number of hydrogen-bond donors (Lipinski definition) is 2. The summed E-state index contributed by atoms with van der Waals surface area (Å²) < 4.78 is 0. The van der Waals surface area contributed by atoms with Crippen molar-refractivity contribution in [2.24, 2.45) is 0 Å². The lowest BCUT2D eigenvalue weighted by atomic mass is 10.1. The summed E-state index contributed by atoms with van der Waals surface area (Å²) in [6, 6.07) is 8.27. The zero-order valence-electron chi connectivity index (χ0n) is 8.46. The maximum Gasteiger partial charge on any atom is 0.110 e. The van der Waals surface area contributed by atoms with E-state index in [0.717, 1.165) is 0 Å². The largest absolute Gasteiger partial charge is 0.376 e. The minimum absolute atomic E-state index is 0.698. The second-order valence-electron chi connectivity index (χ2n) is 3.90. The van der Waals surface area contributed by atoms with Gasteiger partial charge in [0.2, 0.25) is 0 Å². The summed E-state index contributed by atoms with van der Waals surface area (Å²) in [4.78, 5) is 0. The van der Waals surface area contributed by atoms with Crippen molar-refractivity contribution in [2.45, 2.75) is 33.0 Å². The number of hydrogen-bond acceptors (Lipinski definition) is 2. The molecule has 0 heterocycles. The number of aliphatic hydroxyl groups is 1. The molecule has 0 aromatic heterocycles. The van der Waals surface area contributed by atoms with Crippen LogP contribution in [0.4, 0.5) is 0 Å². The Bertz CT molecular complexity index is 258. The maximum atomic E-state index is 9.42. The van der Waals surface area contributed by atoms with E-state index < -0.39 is 5.72 Å². The van der Waals surface area contributed by atoms with Crippen molar-refractivity contribution >= 4 is 0 Å². The minimum atomic E-state index is -0.801. The molecule has 2 N–H and O–H groups in total. The minimum Gasteiger partial charge on any atom is -0.376 e. The van der Waals surface area contributed by atoms with Crippen LogP contribution in [-0.4, -0.2) is 10.8 Å². The monoisotopic (exact) mass is 179 g/mol. The molecule has 72 valence electrons. The molecule has 2 nitrogen and oxygen atoms in total. The second kappa shape index (κ2) is 3.90. The smallest absolute Gasteiger partial charge is 0.110 e. The van der Waals surface area contributed by atoms with Gasteiger partial charge in [-0.3, -0.25) is 5.32 Å². The molecule has 0 aliphatic rings. The van der Waals surface area contributed by atoms with E-state index in [1.165, 1.54) is 11.1 Å². The SMILES string of the molecule is Cc1ccc(CNC(C)(C)O)cc1. The molecule has 0 saturated carbocycles. The van der Waals surface area contributed by atoms with Gasteiger partial charge in [-0.25, -0.2) is 0 Å². The van der Waals surface area contributed by atoms with Crippen molar-refractivity contribution in [3.05, 3.63) is 35.4 Å². The molecular weight excluding hydrogens is 162 g/mol. The Kier molecular flexibility index (Phi) is 3.07. The molecule has 13 heavy (non-hydrogen) atoms. The average Bonchev–Trinajstić information content (AvgIpc) is 2.02. The summed E-state index contributed by atoms with van der Waals surface area (Å²) in [6.07, 6.45) is 0. The van der Waals surface area contributed by atoms with Crippen LogP contribution in [0, 0.1) is 6.92 Å². The van der Waals surface area contributed by atoms with Gasteiger partial charge in [0.25, 0.3) is 0 Å². The third-order valence-corrected chi connectivity index (χ3v) is 1.85. The molecule has 0 unspecified atom stereocenters. The van der Waals surface area contributed by atoms with E-state index in [-0.39, 0.29) is 0 Å². The van der Waals surface area contributed by atoms with E-state index in [1.807, 2.05) is 0 Å². The molecule has 0 fully saturated rings. The molecule has 1 aromatic carbocycles. The first-order valence-corrected chi connectivity index (χ1v) is 4.50. The van der Waals surface area contributed by atoms with Crippen molar-refractivity contribution in [3.8, 4) is 0 Å². The van der Waals surface area contributed by atoms with Crippen LogP contribution in [0.2, 0.25) is 0 Å². The Morgan fingerprint density at radius 1 is 1.23 bits per heavy atom. The summed E-state index contributed by atoms with van der Waals surface area (Å²) in [5.41, 5.74) is 1.64. The molecule has 0 aliphatic carbocycles. The molecule has 0 radical (unpaired) electrons. The predicted molar refractivity (Wildman–Crippen MR) is 54.3 cm³/mol. The first kappa shape index (κ1) is 10.2. The molecule has 0 bridgehead atoms. The van der Waals surface area contributed by atoms with Gasteiger partial charge in [-0.15, -0.1) is 0 Å². The summed E-state index contributed by atoms with van der Waals surface area (Å²) in [5, 5.41) is 12.4. The van der Waals surface area contributed by atoms with Crippen LogP contribution in [0.3, 0.4) is 0 Å². The van der Waals surface area contributed by atoms with Gasteiger partial charge >= 0.3 is 0 Å². The molecular formula is C11H17NO. The van der Waals surface area contributed by atoms with E-state index in [9.17, 15) is 5.11 Å². The van der Waals surface area contributed by atoms with Crippen molar-refractivity contribution in [1.29, 1.82) is 0 Å². The molecule has 1 rings (SSSR count). The zero-order valence-corrected chi connectivity index (χ0v) is 8.46. The topological polar surface area (TPSA) is 32.3 Å². The lowest BCUT2D eigenvalue weighted by Gasteiger charge is -2.19. The van der Waals surface area contributed by atoms with Crippen molar-refractivity contribution in [1.82, 2.24) is 5.32 Å². The molecule has 0 amide bonds. The molecule has 2 heteroatoms. The Labute approximate surface area is 79.6 Å². The summed E-state index contributed by atoms with van der Waals surface area (Å²) in [6.45, 7) is 6.24. The van der Waals surface area contributed by atoms with Gasteiger partial charge in [0.15, 0.2) is 0 Å². The predicted octanol–water partition coefficient (Wildman–Crippen LogP) is 1.81. The molecule has 0 saturated heterocycles. The highest BCUT2D eigenvalue weighted by Gasteiger charge is 2.09. The standard InChI is InChI=1S/C11H17NO/c1-9-4-6-10(7-5-9)8-12-11(2,3)13/h4-7,12-13H,8H2,1-3H3. The maximum absolute atomic E-state index is 9.42. The van der Waals surface area contributed by atoms with E-state index in [0.29, 0.717) is 6.54 Å². The van der Waals surface area contributed by atoms with E-state index in [2.05, 4.69) is 36.5 Å². The highest BCUT2D eigenvalue weighted by atomic mass is 16.3. The fourth-order valence-electron chi connectivity index (χ4n) is 1.02. The number of aryl methyl sites for hydroxylation is 1. The Morgan fingerprint density at radius 3 is 2.23 bits per heavy atom. The van der Waals surface area contributed by atoms with Crippen LogP contribution in [0.5, 0.6) is 0 Å². The van der Waals surface area contributed by atoms with Gasteiger partial charge < -0.3 is 5.11 Å². The summed E-state index contributed by atoms with van der Waals surface area (Å²) >= 11 is 0. The third-order valence-electron chi connectivity index (χ3n) is 1.85. The number of benzene rings is 1. The number of nitrogens with one attached hydrogen (secondary N) is 1. The molecule has 1 aromatic rings. The molecule has 0 aliphatic heterocycles.